The zero-order valence-corrected chi connectivity index (χ0v) is 19.1. The third-order valence-corrected chi connectivity index (χ3v) is 7.77. The molecule has 0 aliphatic heterocycles. The van der Waals surface area contributed by atoms with Crippen LogP contribution in [0.2, 0.25) is 10.0 Å². The highest BCUT2D eigenvalue weighted by molar-refractivity contribution is 7.94. The molecular formula is C17H10Cl2N6O3S3. The highest BCUT2D eigenvalue weighted by Crippen LogP contribution is 2.29. The van der Waals surface area contributed by atoms with Crippen LogP contribution in [0.1, 0.15) is 10.4 Å². The number of amides is 1. The number of nitrogens with one attached hydrogen (secondary N) is 2. The van der Waals surface area contributed by atoms with Crippen LogP contribution in [0.4, 0.5) is 10.3 Å². The molecule has 0 radical (unpaired) electrons. The van der Waals surface area contributed by atoms with Gasteiger partial charge in [-0.15, -0.1) is 20.4 Å². The predicted molar refractivity (Wildman–Crippen MR) is 120 cm³/mol. The molecule has 0 unspecified atom stereocenters. The zero-order valence-electron chi connectivity index (χ0n) is 15.1. The molecule has 9 nitrogen and oxygen atoms in total. The van der Waals surface area contributed by atoms with Crippen LogP contribution >= 0.6 is 45.9 Å². The molecule has 0 atom stereocenters. The normalized spacial score (nSPS) is 11.3. The molecule has 1 amide bonds. The number of nitrogens with zero attached hydrogens (tertiary/aromatic N) is 4. The molecule has 0 bridgehead atoms. The van der Waals surface area contributed by atoms with Crippen molar-refractivity contribution in [1.29, 1.82) is 0 Å². The summed E-state index contributed by atoms with van der Waals surface area (Å²) in [5.74, 6) is -0.471. The molecule has 0 saturated carbocycles. The van der Waals surface area contributed by atoms with Crippen LogP contribution in [0.15, 0.2) is 52.9 Å². The van der Waals surface area contributed by atoms with Gasteiger partial charge in [0.15, 0.2) is 0 Å². The number of carbonyl (C=O) groups is 1. The molecule has 31 heavy (non-hydrogen) atoms. The van der Waals surface area contributed by atoms with Gasteiger partial charge in [0.2, 0.25) is 10.3 Å². The minimum atomic E-state index is -4.06. The fourth-order valence-electron chi connectivity index (χ4n) is 2.27. The Hall–Kier alpha value is -2.64. The fraction of sp³-hybridized carbons (Fsp3) is 0. The van der Waals surface area contributed by atoms with Gasteiger partial charge in [-0.05, 0) is 36.4 Å². The van der Waals surface area contributed by atoms with Crippen molar-refractivity contribution in [2.24, 2.45) is 0 Å². The third kappa shape index (κ3) is 5.17. The lowest BCUT2D eigenvalue weighted by molar-refractivity contribution is 0.102. The predicted octanol–water partition coefficient (Wildman–Crippen LogP) is 4.42. The van der Waals surface area contributed by atoms with Crippen LogP contribution in [-0.4, -0.2) is 34.7 Å². The van der Waals surface area contributed by atoms with Gasteiger partial charge in [-0.3, -0.25) is 14.8 Å². The molecule has 0 saturated heterocycles. The van der Waals surface area contributed by atoms with Crippen molar-refractivity contribution >= 4 is 72.1 Å². The Morgan fingerprint density at radius 3 is 2.10 bits per heavy atom. The lowest BCUT2D eigenvalue weighted by Gasteiger charge is -2.01. The summed E-state index contributed by atoms with van der Waals surface area (Å²) in [5, 5.41) is 19.4. The van der Waals surface area contributed by atoms with Crippen LogP contribution in [0, 0.1) is 0 Å². The maximum absolute atomic E-state index is 12.6. The van der Waals surface area contributed by atoms with E-state index in [4.69, 9.17) is 23.2 Å². The largest absolute Gasteiger partial charge is 0.296 e. The van der Waals surface area contributed by atoms with E-state index in [1.165, 1.54) is 12.1 Å². The molecule has 0 aliphatic rings. The average molecular weight is 513 g/mol. The molecule has 158 valence electrons. The van der Waals surface area contributed by atoms with Gasteiger partial charge in [0, 0.05) is 21.2 Å². The van der Waals surface area contributed by atoms with E-state index >= 15 is 0 Å². The molecule has 0 aliphatic carbocycles. The van der Waals surface area contributed by atoms with E-state index in [2.05, 4.69) is 30.4 Å². The summed E-state index contributed by atoms with van der Waals surface area (Å²) in [4.78, 5) is 12.2. The lowest BCUT2D eigenvalue weighted by Crippen LogP contribution is -2.12. The first-order chi connectivity index (χ1) is 14.8. The van der Waals surface area contributed by atoms with Gasteiger partial charge in [-0.25, -0.2) is 0 Å². The molecule has 2 heterocycles. The van der Waals surface area contributed by atoms with Crippen molar-refractivity contribution < 1.29 is 13.2 Å². The number of aromatic nitrogens is 4. The molecule has 0 spiro atoms. The van der Waals surface area contributed by atoms with Crippen molar-refractivity contribution in [3.05, 3.63) is 64.1 Å². The minimum Gasteiger partial charge on any atom is -0.296 e. The van der Waals surface area contributed by atoms with Gasteiger partial charge >= 0.3 is 0 Å². The van der Waals surface area contributed by atoms with Crippen LogP contribution in [0.3, 0.4) is 0 Å². The highest BCUT2D eigenvalue weighted by atomic mass is 35.5. The second-order valence-corrected chi connectivity index (χ2v) is 10.5. The quantitative estimate of drug-likeness (QED) is 0.366. The van der Waals surface area contributed by atoms with Gasteiger partial charge in [-0.1, -0.05) is 58.0 Å². The van der Waals surface area contributed by atoms with E-state index in [0.29, 0.717) is 32.0 Å². The van der Waals surface area contributed by atoms with E-state index in [0.717, 1.165) is 16.9 Å². The highest BCUT2D eigenvalue weighted by Gasteiger charge is 2.23. The lowest BCUT2D eigenvalue weighted by atomic mass is 10.2. The number of benzene rings is 2. The van der Waals surface area contributed by atoms with E-state index in [1.54, 1.807) is 36.4 Å². The summed E-state index contributed by atoms with van der Waals surface area (Å²) < 4.78 is 27.2. The molecule has 2 aromatic heterocycles. The molecule has 2 N–H and O–H groups in total. The van der Waals surface area contributed by atoms with E-state index < -0.39 is 15.9 Å². The number of halogens is 2. The Morgan fingerprint density at radius 1 is 0.806 bits per heavy atom. The van der Waals surface area contributed by atoms with Crippen LogP contribution < -0.4 is 10.0 Å². The maximum atomic E-state index is 12.6. The Labute approximate surface area is 194 Å². The van der Waals surface area contributed by atoms with Crippen molar-refractivity contribution in [3.63, 3.8) is 0 Å². The van der Waals surface area contributed by atoms with Gasteiger partial charge < -0.3 is 0 Å². The summed E-state index contributed by atoms with van der Waals surface area (Å²) in [7, 11) is -4.06. The second kappa shape index (κ2) is 8.85. The summed E-state index contributed by atoms with van der Waals surface area (Å²) >= 11 is 13.4. The molecule has 0 fully saturated rings. The Kier molecular flexibility index (Phi) is 6.16. The van der Waals surface area contributed by atoms with Crippen molar-refractivity contribution in [2.45, 2.75) is 4.34 Å². The average Bonchev–Trinajstić information content (AvgIpc) is 3.39. The van der Waals surface area contributed by atoms with Gasteiger partial charge in [0.25, 0.3) is 20.3 Å². The topological polar surface area (TPSA) is 127 Å². The van der Waals surface area contributed by atoms with Gasteiger partial charge in [-0.2, -0.15) is 8.42 Å². The van der Waals surface area contributed by atoms with Crippen molar-refractivity contribution in [3.8, 4) is 10.6 Å². The first kappa shape index (κ1) is 21.6. The summed E-state index contributed by atoms with van der Waals surface area (Å²) in [6.07, 6.45) is 0. The third-order valence-electron chi connectivity index (χ3n) is 3.70. The van der Waals surface area contributed by atoms with Gasteiger partial charge in [0.1, 0.15) is 5.01 Å². The minimum absolute atomic E-state index is 0.0273. The molecule has 4 aromatic rings. The summed E-state index contributed by atoms with van der Waals surface area (Å²) in [6.45, 7) is 0. The number of rotatable bonds is 6. The summed E-state index contributed by atoms with van der Waals surface area (Å²) in [5.41, 5.74) is 1.08. The van der Waals surface area contributed by atoms with E-state index in [-0.39, 0.29) is 14.6 Å². The molecule has 2 aromatic carbocycles. The van der Waals surface area contributed by atoms with Crippen LogP contribution in [0.25, 0.3) is 10.6 Å². The number of hydrogen-bond acceptors (Lipinski definition) is 9. The zero-order chi connectivity index (χ0) is 22.0. The first-order valence-corrected chi connectivity index (χ1v) is 12.2. The SMILES string of the molecule is O=C(Nc1nnc(S(=O)(=O)Nc2nnc(-c3ccc(Cl)cc3)s2)s1)c1ccc(Cl)cc1. The Bertz CT molecular complexity index is 1340. The smallest absolute Gasteiger partial charge is 0.293 e. The molecule has 4 rings (SSSR count). The number of hydrogen-bond donors (Lipinski definition) is 2. The maximum Gasteiger partial charge on any atom is 0.293 e. The van der Waals surface area contributed by atoms with E-state index in [9.17, 15) is 13.2 Å². The van der Waals surface area contributed by atoms with Gasteiger partial charge in [0.05, 0.1) is 0 Å². The summed E-state index contributed by atoms with van der Waals surface area (Å²) in [6, 6.07) is 13.1. The standard InChI is InChI=1S/C17H10Cl2N6O3S3/c18-11-5-1-9(2-6-11)13(26)20-15-22-24-17(30-15)31(27,28)25-16-23-21-14(29-16)10-3-7-12(19)8-4-10/h1-8H,(H,23,25)(H,20,22,26). The fourth-order valence-corrected chi connectivity index (χ4v) is 5.40. The van der Waals surface area contributed by atoms with Crippen molar-refractivity contribution in [2.75, 3.05) is 10.0 Å². The van der Waals surface area contributed by atoms with Crippen molar-refractivity contribution in [1.82, 2.24) is 20.4 Å². The second-order valence-electron chi connectivity index (χ2n) is 5.86. The number of anilines is 2. The number of sulfonamides is 1. The van der Waals surface area contributed by atoms with Crippen LogP contribution in [-0.2, 0) is 10.0 Å². The van der Waals surface area contributed by atoms with E-state index in [1.807, 2.05) is 0 Å². The Balaban J connectivity index is 1.46. The monoisotopic (exact) mass is 512 g/mol. The first-order valence-electron chi connectivity index (χ1n) is 8.33. The number of carbonyl (C=O) groups excluding carboxylic acids is 1. The van der Waals surface area contributed by atoms with Crippen LogP contribution in [0.5, 0.6) is 0 Å². The Morgan fingerprint density at radius 2 is 1.42 bits per heavy atom. The molecular weight excluding hydrogens is 503 g/mol. The molecule has 14 heteroatoms.